The van der Waals surface area contributed by atoms with E-state index in [4.69, 9.17) is 11.6 Å². The van der Waals surface area contributed by atoms with Crippen molar-refractivity contribution < 1.29 is 12.8 Å². The second kappa shape index (κ2) is 7.43. The molecule has 0 aromatic heterocycles. The third kappa shape index (κ3) is 3.71. The molecule has 2 aliphatic rings. The fourth-order valence-corrected chi connectivity index (χ4v) is 5.09. The van der Waals surface area contributed by atoms with E-state index in [2.05, 4.69) is 5.32 Å². The zero-order valence-electron chi connectivity index (χ0n) is 13.5. The van der Waals surface area contributed by atoms with E-state index < -0.39 is 16.0 Å². The third-order valence-corrected chi connectivity index (χ3v) is 7.13. The van der Waals surface area contributed by atoms with Crippen molar-refractivity contribution >= 4 is 34.2 Å². The van der Waals surface area contributed by atoms with Crippen LogP contribution in [0.2, 0.25) is 5.02 Å². The van der Waals surface area contributed by atoms with Crippen molar-refractivity contribution in [1.82, 2.24) is 13.9 Å². The second-order valence-corrected chi connectivity index (χ2v) is 8.92. The van der Waals surface area contributed by atoms with E-state index in [-0.39, 0.29) is 35.0 Å². The van der Waals surface area contributed by atoms with Crippen LogP contribution in [0, 0.1) is 11.2 Å². The highest BCUT2D eigenvalue weighted by Gasteiger charge is 2.45. The lowest BCUT2D eigenvalue weighted by Gasteiger charge is -2.26. The molecule has 3 rings (SSSR count). The normalized spacial score (nSPS) is 24.7. The monoisotopic (exact) mass is 397 g/mol. The maximum atomic E-state index is 13.9. The van der Waals surface area contributed by atoms with Gasteiger partial charge in [-0.2, -0.15) is 17.0 Å². The van der Waals surface area contributed by atoms with Gasteiger partial charge in [-0.3, -0.25) is 0 Å². The van der Waals surface area contributed by atoms with Gasteiger partial charge in [0.15, 0.2) is 0 Å². The molecule has 2 fully saturated rings. The van der Waals surface area contributed by atoms with Gasteiger partial charge in [0.25, 0.3) is 10.2 Å². The summed E-state index contributed by atoms with van der Waals surface area (Å²) in [5.41, 5.74) is 0.264. The summed E-state index contributed by atoms with van der Waals surface area (Å²) in [5, 5.41) is 3.55. The Morgan fingerprint density at radius 3 is 2.79 bits per heavy atom. The molecule has 0 aliphatic carbocycles. The molecular weight excluding hydrogens is 376 g/mol. The quantitative estimate of drug-likeness (QED) is 0.847. The van der Waals surface area contributed by atoms with E-state index in [1.807, 2.05) is 0 Å². The fraction of sp³-hybridized carbons (Fsp3) is 0.600. The van der Waals surface area contributed by atoms with Gasteiger partial charge in [0.1, 0.15) is 5.82 Å². The van der Waals surface area contributed by atoms with Crippen LogP contribution in [-0.4, -0.2) is 50.3 Å². The van der Waals surface area contributed by atoms with Gasteiger partial charge in [-0.25, -0.2) is 4.39 Å². The van der Waals surface area contributed by atoms with E-state index in [1.54, 1.807) is 6.07 Å². The molecule has 2 aliphatic heterocycles. The summed E-state index contributed by atoms with van der Waals surface area (Å²) in [6, 6.07) is 4.36. The van der Waals surface area contributed by atoms with Crippen molar-refractivity contribution in [3.63, 3.8) is 0 Å². The molecule has 136 valence electrons. The lowest BCUT2D eigenvalue weighted by Crippen LogP contribution is -2.41. The predicted molar refractivity (Wildman–Crippen MR) is 95.2 cm³/mol. The maximum absolute atomic E-state index is 13.9. The summed E-state index contributed by atoms with van der Waals surface area (Å²) < 4.78 is 42.1. The molecule has 0 bridgehead atoms. The van der Waals surface area contributed by atoms with E-state index in [1.165, 1.54) is 27.8 Å². The Labute approximate surface area is 153 Å². The minimum absolute atomic E-state index is 0. The third-order valence-electron chi connectivity index (χ3n) is 4.90. The molecule has 2 saturated heterocycles. The molecule has 9 heteroatoms. The van der Waals surface area contributed by atoms with Crippen molar-refractivity contribution in [2.24, 2.45) is 5.41 Å². The van der Waals surface area contributed by atoms with Crippen molar-refractivity contribution in [3.8, 4) is 0 Å². The summed E-state index contributed by atoms with van der Waals surface area (Å²) in [7, 11) is -2.15. The van der Waals surface area contributed by atoms with Crippen LogP contribution in [-0.2, 0) is 16.8 Å². The van der Waals surface area contributed by atoms with Crippen molar-refractivity contribution in [3.05, 3.63) is 34.6 Å². The van der Waals surface area contributed by atoms with Gasteiger partial charge in [-0.15, -0.1) is 12.4 Å². The van der Waals surface area contributed by atoms with Crippen LogP contribution in [0.25, 0.3) is 0 Å². The van der Waals surface area contributed by atoms with Crippen LogP contribution < -0.4 is 5.32 Å². The molecule has 1 spiro atoms. The molecule has 1 aromatic rings. The van der Waals surface area contributed by atoms with Crippen LogP contribution in [0.1, 0.15) is 18.4 Å². The number of benzene rings is 1. The topological polar surface area (TPSA) is 52.7 Å². The summed E-state index contributed by atoms with van der Waals surface area (Å²) >= 11 is 6.00. The molecule has 2 heterocycles. The Bertz CT molecular complexity index is 676. The van der Waals surface area contributed by atoms with Crippen LogP contribution in [0.5, 0.6) is 0 Å². The molecule has 0 radical (unpaired) electrons. The fourth-order valence-electron chi connectivity index (χ4n) is 3.42. The highest BCUT2D eigenvalue weighted by Crippen LogP contribution is 2.37. The molecule has 0 saturated carbocycles. The molecule has 1 unspecified atom stereocenters. The first-order chi connectivity index (χ1) is 10.8. The Balaban J connectivity index is 0.00000208. The zero-order chi connectivity index (χ0) is 16.7. The summed E-state index contributed by atoms with van der Waals surface area (Å²) in [5.74, 6) is -0.488. The SMILES string of the molecule is CN(Cc1c(F)cccc1Cl)S(=O)(=O)N1CCC2(CCNC2)C1.Cl. The average Bonchev–Trinajstić information content (AvgIpc) is 3.14. The lowest BCUT2D eigenvalue weighted by molar-refractivity contribution is 0.324. The molecule has 24 heavy (non-hydrogen) atoms. The van der Waals surface area contributed by atoms with Gasteiger partial charge in [-0.05, 0) is 36.9 Å². The first kappa shape index (κ1) is 19.9. The molecule has 1 N–H and O–H groups in total. The van der Waals surface area contributed by atoms with Gasteiger partial charge in [0, 0.05) is 43.8 Å². The van der Waals surface area contributed by atoms with Crippen LogP contribution in [0.3, 0.4) is 0 Å². The van der Waals surface area contributed by atoms with E-state index in [9.17, 15) is 12.8 Å². The van der Waals surface area contributed by atoms with Crippen molar-refractivity contribution in [2.75, 3.05) is 33.2 Å². The minimum Gasteiger partial charge on any atom is -0.316 e. The summed E-state index contributed by atoms with van der Waals surface area (Å²) in [6.07, 6.45) is 1.87. The van der Waals surface area contributed by atoms with E-state index in [0.717, 1.165) is 25.9 Å². The lowest BCUT2D eigenvalue weighted by atomic mass is 9.87. The van der Waals surface area contributed by atoms with E-state index >= 15 is 0 Å². The number of nitrogens with one attached hydrogen (secondary N) is 1. The van der Waals surface area contributed by atoms with Crippen molar-refractivity contribution in [2.45, 2.75) is 19.4 Å². The van der Waals surface area contributed by atoms with Crippen LogP contribution in [0.4, 0.5) is 4.39 Å². The Kier molecular flexibility index (Phi) is 6.16. The number of rotatable bonds is 4. The van der Waals surface area contributed by atoms with Gasteiger partial charge in [0.2, 0.25) is 0 Å². The Hall–Kier alpha value is -0.440. The number of hydrogen-bond acceptors (Lipinski definition) is 3. The van der Waals surface area contributed by atoms with Gasteiger partial charge >= 0.3 is 0 Å². The minimum atomic E-state index is -3.62. The average molecular weight is 398 g/mol. The largest absolute Gasteiger partial charge is 0.316 e. The second-order valence-electron chi connectivity index (χ2n) is 6.47. The van der Waals surface area contributed by atoms with Crippen molar-refractivity contribution in [1.29, 1.82) is 0 Å². The standard InChI is InChI=1S/C15H21ClFN3O2S.ClH/c1-19(9-12-13(16)3-2-4-14(12)17)23(21,22)20-8-6-15(11-20)5-7-18-10-15;/h2-4,18H,5-11H2,1H3;1H. The zero-order valence-corrected chi connectivity index (χ0v) is 15.9. The molecular formula is C15H22Cl2FN3O2S. The Morgan fingerprint density at radius 1 is 1.42 bits per heavy atom. The first-order valence-electron chi connectivity index (χ1n) is 7.69. The molecule has 5 nitrogen and oxygen atoms in total. The number of nitrogens with zero attached hydrogens (tertiary/aromatic N) is 2. The highest BCUT2D eigenvalue weighted by atomic mass is 35.5. The number of hydrogen-bond donors (Lipinski definition) is 1. The molecule has 1 aromatic carbocycles. The summed E-state index contributed by atoms with van der Waals surface area (Å²) in [6.45, 7) is 2.77. The van der Waals surface area contributed by atoms with Crippen LogP contribution >= 0.6 is 24.0 Å². The highest BCUT2D eigenvalue weighted by molar-refractivity contribution is 7.86. The molecule has 1 atom stereocenters. The smallest absolute Gasteiger partial charge is 0.282 e. The summed E-state index contributed by atoms with van der Waals surface area (Å²) in [4.78, 5) is 0. The van der Waals surface area contributed by atoms with Crippen LogP contribution in [0.15, 0.2) is 18.2 Å². The van der Waals surface area contributed by atoms with Gasteiger partial charge in [-0.1, -0.05) is 17.7 Å². The maximum Gasteiger partial charge on any atom is 0.282 e. The van der Waals surface area contributed by atoms with E-state index in [0.29, 0.717) is 13.1 Å². The number of halogens is 3. The van der Waals surface area contributed by atoms with Gasteiger partial charge < -0.3 is 5.32 Å². The van der Waals surface area contributed by atoms with Gasteiger partial charge in [0.05, 0.1) is 0 Å². The Morgan fingerprint density at radius 2 is 2.17 bits per heavy atom. The predicted octanol–water partition coefficient (Wildman–Crippen LogP) is 2.26. The molecule has 0 amide bonds. The first-order valence-corrected chi connectivity index (χ1v) is 9.47.